The molecule has 0 spiro atoms. The minimum atomic E-state index is -1.69. The average Bonchev–Trinajstić information content (AvgIpc) is 2.37. The molecular weight excluding hydrogens is 287 g/mol. The normalized spacial score (nSPS) is 43.9. The fraction of sp³-hybridized carbons (Fsp3) is 0.857. The van der Waals surface area contributed by atoms with E-state index >= 15 is 0 Å². The van der Waals surface area contributed by atoms with Crippen LogP contribution in [-0.2, 0) is 9.53 Å². The van der Waals surface area contributed by atoms with Crippen molar-refractivity contribution in [3.8, 4) is 6.07 Å². The molecule has 1 N–H and O–H groups in total. The van der Waals surface area contributed by atoms with Crippen molar-refractivity contribution in [2.45, 2.75) is 62.8 Å². The highest BCUT2D eigenvalue weighted by Crippen LogP contribution is 2.33. The van der Waals surface area contributed by atoms with E-state index in [1.54, 1.807) is 6.07 Å². The summed E-state index contributed by atoms with van der Waals surface area (Å²) in [6, 6.07) is 1.57. The Labute approximate surface area is 120 Å². The first-order chi connectivity index (χ1) is 9.92. The monoisotopic (exact) mass is 305 g/mol. The topological polar surface area (TPSA) is 70.3 Å². The molecule has 0 heterocycles. The van der Waals surface area contributed by atoms with E-state index in [0.29, 0.717) is 6.42 Å². The number of nitrogens with zero attached hydrogens (tertiary/aromatic N) is 1. The third kappa shape index (κ3) is 3.67. The zero-order valence-corrected chi connectivity index (χ0v) is 11.4. The first kappa shape index (κ1) is 16.1. The van der Waals surface area contributed by atoms with Crippen LogP contribution in [0.3, 0.4) is 0 Å². The number of hydrogen-bond donors (Lipinski definition) is 1. The number of carbonyl (C=O) groups excluding carboxylic acids is 1. The Morgan fingerprint density at radius 3 is 2.24 bits per heavy atom. The van der Waals surface area contributed by atoms with Crippen molar-refractivity contribution >= 4 is 5.97 Å². The van der Waals surface area contributed by atoms with E-state index in [2.05, 4.69) is 0 Å². The van der Waals surface area contributed by atoms with Crippen molar-refractivity contribution in [2.75, 3.05) is 0 Å². The van der Waals surface area contributed by atoms with Crippen LogP contribution in [0.1, 0.15) is 32.1 Å². The zero-order chi connectivity index (χ0) is 15.6. The molecular formula is C14H18F3NO3. The summed E-state index contributed by atoms with van der Waals surface area (Å²) >= 11 is 0. The molecule has 118 valence electrons. The lowest BCUT2D eigenvalue weighted by atomic mass is 9.84. The molecule has 0 saturated heterocycles. The van der Waals surface area contributed by atoms with Crippen LogP contribution in [-0.4, -0.2) is 41.8 Å². The number of alkyl halides is 3. The Bertz CT molecular complexity index is 416. The minimum absolute atomic E-state index is 0.127. The van der Waals surface area contributed by atoms with Crippen LogP contribution in [0.25, 0.3) is 0 Å². The van der Waals surface area contributed by atoms with Gasteiger partial charge in [0.2, 0.25) is 0 Å². The molecule has 5 atom stereocenters. The summed E-state index contributed by atoms with van der Waals surface area (Å²) < 4.78 is 46.0. The molecule has 2 aliphatic rings. The molecule has 0 bridgehead atoms. The largest absolute Gasteiger partial charge is 0.462 e. The number of nitriles is 1. The third-order valence-electron chi connectivity index (χ3n) is 4.23. The second-order valence-corrected chi connectivity index (χ2v) is 5.81. The van der Waals surface area contributed by atoms with E-state index in [1.165, 1.54) is 0 Å². The Balaban J connectivity index is 1.90. The zero-order valence-electron chi connectivity index (χ0n) is 11.4. The lowest BCUT2D eigenvalue weighted by Gasteiger charge is -2.33. The minimum Gasteiger partial charge on any atom is -0.462 e. The van der Waals surface area contributed by atoms with Gasteiger partial charge in [-0.25, -0.2) is 13.2 Å². The third-order valence-corrected chi connectivity index (χ3v) is 4.23. The molecule has 5 unspecified atom stereocenters. The Morgan fingerprint density at radius 1 is 1.10 bits per heavy atom. The quantitative estimate of drug-likeness (QED) is 0.792. The van der Waals surface area contributed by atoms with Gasteiger partial charge in [-0.1, -0.05) is 0 Å². The SMILES string of the molecule is N#CC1C(F)CC(OC(=O)C2CCC(O)CC2F)CC1F. The molecule has 0 radical (unpaired) electrons. The first-order valence-electron chi connectivity index (χ1n) is 7.12. The van der Waals surface area contributed by atoms with E-state index in [9.17, 15) is 23.1 Å². The van der Waals surface area contributed by atoms with Gasteiger partial charge < -0.3 is 9.84 Å². The number of ether oxygens (including phenoxy) is 1. The van der Waals surface area contributed by atoms with Gasteiger partial charge in [0, 0.05) is 19.3 Å². The molecule has 0 aromatic heterocycles. The van der Waals surface area contributed by atoms with E-state index in [-0.39, 0.29) is 25.7 Å². The molecule has 0 aromatic carbocycles. The average molecular weight is 305 g/mol. The predicted octanol–water partition coefficient (Wildman–Crippen LogP) is 2.01. The van der Waals surface area contributed by atoms with Crippen molar-refractivity contribution in [2.24, 2.45) is 11.8 Å². The summed E-state index contributed by atoms with van der Waals surface area (Å²) in [6.07, 6.45) is -6.75. The van der Waals surface area contributed by atoms with Crippen molar-refractivity contribution in [1.82, 2.24) is 0 Å². The van der Waals surface area contributed by atoms with Gasteiger partial charge in [-0.3, -0.25) is 4.79 Å². The van der Waals surface area contributed by atoms with Gasteiger partial charge in [0.1, 0.15) is 30.5 Å². The van der Waals surface area contributed by atoms with Gasteiger partial charge in [0.15, 0.2) is 0 Å². The van der Waals surface area contributed by atoms with Crippen molar-refractivity contribution in [3.63, 3.8) is 0 Å². The van der Waals surface area contributed by atoms with Crippen molar-refractivity contribution < 1.29 is 27.8 Å². The smallest absolute Gasteiger partial charge is 0.312 e. The van der Waals surface area contributed by atoms with Gasteiger partial charge >= 0.3 is 5.97 Å². The number of esters is 1. The van der Waals surface area contributed by atoms with Crippen LogP contribution >= 0.6 is 0 Å². The van der Waals surface area contributed by atoms with Crippen LogP contribution in [0.5, 0.6) is 0 Å². The van der Waals surface area contributed by atoms with Crippen LogP contribution < -0.4 is 0 Å². The van der Waals surface area contributed by atoms with Crippen LogP contribution in [0.15, 0.2) is 0 Å². The van der Waals surface area contributed by atoms with Crippen LogP contribution in [0.4, 0.5) is 13.2 Å². The molecule has 7 heteroatoms. The van der Waals surface area contributed by atoms with Crippen molar-refractivity contribution in [1.29, 1.82) is 5.26 Å². The first-order valence-corrected chi connectivity index (χ1v) is 7.12. The number of aliphatic hydroxyl groups excluding tert-OH is 1. The number of hydrogen-bond acceptors (Lipinski definition) is 4. The highest BCUT2D eigenvalue weighted by molar-refractivity contribution is 5.73. The summed E-state index contributed by atoms with van der Waals surface area (Å²) in [5.74, 6) is -3.13. The van der Waals surface area contributed by atoms with E-state index in [4.69, 9.17) is 10.00 Å². The fourth-order valence-corrected chi connectivity index (χ4v) is 2.99. The van der Waals surface area contributed by atoms with E-state index in [0.717, 1.165) is 0 Å². The molecule has 2 rings (SSSR count). The number of carbonyl (C=O) groups is 1. The maximum atomic E-state index is 13.7. The highest BCUT2D eigenvalue weighted by Gasteiger charge is 2.42. The lowest BCUT2D eigenvalue weighted by molar-refractivity contribution is -0.163. The molecule has 0 aromatic rings. The summed E-state index contributed by atoms with van der Waals surface area (Å²) in [5, 5.41) is 18.0. The maximum Gasteiger partial charge on any atom is 0.312 e. The summed E-state index contributed by atoms with van der Waals surface area (Å²) in [7, 11) is 0. The Morgan fingerprint density at radius 2 is 1.71 bits per heavy atom. The molecule has 2 saturated carbocycles. The standard InChI is InChI=1S/C14H18F3NO3/c15-11-3-7(19)1-2-9(11)14(20)21-8-4-12(16)10(6-18)13(17)5-8/h7-13,19H,1-5H2. The van der Waals surface area contributed by atoms with Crippen LogP contribution in [0, 0.1) is 23.2 Å². The summed E-state index contributed by atoms with van der Waals surface area (Å²) in [6.45, 7) is 0. The Kier molecular flexibility index (Phi) is 5.09. The molecule has 0 amide bonds. The Hall–Kier alpha value is -1.29. The highest BCUT2D eigenvalue weighted by atomic mass is 19.1. The molecule has 0 aliphatic heterocycles. The maximum absolute atomic E-state index is 13.7. The van der Waals surface area contributed by atoms with E-state index in [1.807, 2.05) is 0 Å². The predicted molar refractivity (Wildman–Crippen MR) is 66.3 cm³/mol. The second-order valence-electron chi connectivity index (χ2n) is 5.81. The summed E-state index contributed by atoms with van der Waals surface area (Å²) in [5.41, 5.74) is 0. The van der Waals surface area contributed by atoms with Crippen molar-refractivity contribution in [3.05, 3.63) is 0 Å². The number of rotatable bonds is 2. The van der Waals surface area contributed by atoms with Gasteiger partial charge in [0.25, 0.3) is 0 Å². The lowest BCUT2D eigenvalue weighted by Crippen LogP contribution is -2.42. The molecule has 2 fully saturated rings. The van der Waals surface area contributed by atoms with Gasteiger partial charge in [-0.05, 0) is 12.8 Å². The van der Waals surface area contributed by atoms with Gasteiger partial charge in [0.05, 0.1) is 18.1 Å². The number of halogens is 3. The molecule has 4 nitrogen and oxygen atoms in total. The number of aliphatic hydroxyl groups is 1. The van der Waals surface area contributed by atoms with Gasteiger partial charge in [-0.2, -0.15) is 5.26 Å². The molecule has 21 heavy (non-hydrogen) atoms. The van der Waals surface area contributed by atoms with Crippen LogP contribution in [0.2, 0.25) is 0 Å². The molecule has 2 aliphatic carbocycles. The second kappa shape index (κ2) is 6.65. The summed E-state index contributed by atoms with van der Waals surface area (Å²) in [4.78, 5) is 11.9. The van der Waals surface area contributed by atoms with Gasteiger partial charge in [-0.15, -0.1) is 0 Å². The fourth-order valence-electron chi connectivity index (χ4n) is 2.99. The van der Waals surface area contributed by atoms with E-state index < -0.39 is 48.5 Å².